The van der Waals surface area contributed by atoms with Crippen molar-refractivity contribution in [2.45, 2.75) is 35.2 Å². The van der Waals surface area contributed by atoms with Crippen LogP contribution in [0.4, 0.5) is 0 Å². The summed E-state index contributed by atoms with van der Waals surface area (Å²) in [5.41, 5.74) is 1.68. The van der Waals surface area contributed by atoms with Gasteiger partial charge < -0.3 is 0 Å². The number of thioether (sulfide) groups is 1. The number of para-hydroxylation sites is 1. The molecule has 5 rings (SSSR count). The van der Waals surface area contributed by atoms with E-state index in [1.54, 1.807) is 32.3 Å². The van der Waals surface area contributed by atoms with Crippen LogP contribution >= 0.6 is 34.9 Å². The Morgan fingerprint density at radius 2 is 1.97 bits per heavy atom. The highest BCUT2D eigenvalue weighted by atomic mass is 32.2. The van der Waals surface area contributed by atoms with Crippen molar-refractivity contribution in [2.24, 2.45) is 0 Å². The molecule has 0 aliphatic rings. The smallest absolute Gasteiger partial charge is 0.271 e. The molecule has 12 heteroatoms. The predicted molar refractivity (Wildman–Crippen MR) is 129 cm³/mol. The number of rotatable bonds is 8. The zero-order valence-electron chi connectivity index (χ0n) is 17.5. The van der Waals surface area contributed by atoms with Crippen LogP contribution < -0.4 is 5.56 Å². The Kier molecular flexibility index (Phi) is 6.46. The van der Waals surface area contributed by atoms with Crippen molar-refractivity contribution in [3.8, 4) is 5.69 Å². The number of hydrogen-bond donors (Lipinski definition) is 0. The fourth-order valence-corrected chi connectivity index (χ4v) is 5.39. The van der Waals surface area contributed by atoms with E-state index in [4.69, 9.17) is 9.97 Å². The number of fused-ring (bicyclic) bond motifs is 1. The molecule has 9 nitrogen and oxygen atoms in total. The Balaban J connectivity index is 1.63. The zero-order valence-corrected chi connectivity index (χ0v) is 20.0. The second-order valence-electron chi connectivity index (χ2n) is 6.90. The second-order valence-corrected chi connectivity index (χ2v) is 9.96. The summed E-state index contributed by atoms with van der Waals surface area (Å²) < 4.78 is 3.30. The molecule has 1 aromatic carbocycles. The Labute approximate surface area is 201 Å². The van der Waals surface area contributed by atoms with Crippen molar-refractivity contribution in [3.05, 3.63) is 69.3 Å². The number of aromatic nitrogens is 8. The van der Waals surface area contributed by atoms with Gasteiger partial charge in [-0.3, -0.25) is 9.36 Å². The van der Waals surface area contributed by atoms with Crippen LogP contribution in [0.5, 0.6) is 0 Å². The summed E-state index contributed by atoms with van der Waals surface area (Å²) in [6.07, 6.45) is 2.30. The van der Waals surface area contributed by atoms with Gasteiger partial charge in [-0.2, -0.15) is 4.68 Å². The number of benzene rings is 1. The van der Waals surface area contributed by atoms with Crippen LogP contribution in [0.1, 0.15) is 18.2 Å². The van der Waals surface area contributed by atoms with Crippen LogP contribution in [0.2, 0.25) is 0 Å². The molecule has 0 unspecified atom stereocenters. The van der Waals surface area contributed by atoms with E-state index in [1.807, 2.05) is 47.8 Å². The minimum atomic E-state index is -0.203. The number of tetrazole rings is 1. The van der Waals surface area contributed by atoms with Gasteiger partial charge in [0.05, 0.1) is 18.4 Å². The minimum Gasteiger partial charge on any atom is -0.285 e. The van der Waals surface area contributed by atoms with E-state index in [0.29, 0.717) is 33.0 Å². The maximum Gasteiger partial charge on any atom is 0.271 e. The zero-order chi connectivity index (χ0) is 22.6. The summed E-state index contributed by atoms with van der Waals surface area (Å²) in [5, 5.41) is 15.9. The van der Waals surface area contributed by atoms with E-state index in [2.05, 4.69) is 27.4 Å². The van der Waals surface area contributed by atoms with Gasteiger partial charge in [-0.15, -0.1) is 16.4 Å². The first-order chi connectivity index (χ1) is 16.2. The topological polar surface area (TPSA) is 104 Å². The van der Waals surface area contributed by atoms with Gasteiger partial charge in [-0.05, 0) is 52.2 Å². The molecular weight excluding hydrogens is 476 g/mol. The Morgan fingerprint density at radius 3 is 2.76 bits per heavy atom. The van der Waals surface area contributed by atoms with Crippen LogP contribution in [0.15, 0.2) is 74.2 Å². The van der Waals surface area contributed by atoms with Crippen LogP contribution in [0.25, 0.3) is 16.9 Å². The summed E-state index contributed by atoms with van der Waals surface area (Å²) in [6.45, 7) is 2.53. The monoisotopic (exact) mass is 494 g/mol. The summed E-state index contributed by atoms with van der Waals surface area (Å²) in [6, 6.07) is 13.6. The van der Waals surface area contributed by atoms with E-state index in [9.17, 15) is 4.79 Å². The van der Waals surface area contributed by atoms with Gasteiger partial charge >= 0.3 is 0 Å². The van der Waals surface area contributed by atoms with E-state index >= 15 is 0 Å². The molecule has 0 N–H and O–H groups in total. The molecule has 0 amide bonds. The number of nitrogens with zero attached hydrogens (tertiary/aromatic N) is 8. The van der Waals surface area contributed by atoms with E-state index in [-0.39, 0.29) is 5.56 Å². The fourth-order valence-electron chi connectivity index (χ4n) is 3.10. The van der Waals surface area contributed by atoms with Crippen LogP contribution in [0, 0.1) is 0 Å². The molecule has 0 spiro atoms. The first-order valence-electron chi connectivity index (χ1n) is 10.2. The van der Waals surface area contributed by atoms with Gasteiger partial charge in [-0.25, -0.2) is 15.0 Å². The van der Waals surface area contributed by atoms with Crippen molar-refractivity contribution in [1.29, 1.82) is 0 Å². The molecule has 4 aromatic heterocycles. The van der Waals surface area contributed by atoms with Crippen molar-refractivity contribution in [1.82, 2.24) is 39.7 Å². The number of hydrogen-bond acceptors (Lipinski definition) is 10. The molecule has 5 aromatic rings. The summed E-state index contributed by atoms with van der Waals surface area (Å²) in [4.78, 5) is 27.7. The third kappa shape index (κ3) is 4.68. The highest BCUT2D eigenvalue weighted by Gasteiger charge is 2.19. The molecule has 0 radical (unpaired) electrons. The lowest BCUT2D eigenvalue weighted by Crippen LogP contribution is -2.22. The lowest BCUT2D eigenvalue weighted by molar-refractivity contribution is 0.752. The lowest BCUT2D eigenvalue weighted by atomic mass is 10.3. The minimum absolute atomic E-state index is 0.203. The molecule has 0 saturated carbocycles. The molecule has 0 fully saturated rings. The van der Waals surface area contributed by atoms with Crippen molar-refractivity contribution >= 4 is 46.0 Å². The summed E-state index contributed by atoms with van der Waals surface area (Å²) in [5.74, 6) is 0.868. The first kappa shape index (κ1) is 21.7. The average Bonchev–Trinajstić information content (AvgIpc) is 3.52. The van der Waals surface area contributed by atoms with E-state index < -0.39 is 0 Å². The molecule has 0 aliphatic heterocycles. The first-order valence-corrected chi connectivity index (χ1v) is 12.9. The van der Waals surface area contributed by atoms with Crippen LogP contribution in [0.3, 0.4) is 0 Å². The fraction of sp³-hybridized carbons (Fsp3) is 0.190. The highest BCUT2D eigenvalue weighted by molar-refractivity contribution is 7.99. The summed E-state index contributed by atoms with van der Waals surface area (Å²) >= 11 is 4.45. The van der Waals surface area contributed by atoms with Gasteiger partial charge in [0.15, 0.2) is 10.8 Å². The van der Waals surface area contributed by atoms with Gasteiger partial charge in [0.2, 0.25) is 5.16 Å². The molecule has 33 heavy (non-hydrogen) atoms. The van der Waals surface area contributed by atoms with Crippen LogP contribution in [-0.2, 0) is 6.54 Å². The third-order valence-corrected chi connectivity index (χ3v) is 7.43. The maximum atomic E-state index is 12.7. The molecule has 4 heterocycles. The second kappa shape index (κ2) is 9.81. The Morgan fingerprint density at radius 1 is 1.09 bits per heavy atom. The van der Waals surface area contributed by atoms with Crippen molar-refractivity contribution in [2.75, 3.05) is 5.75 Å². The standard InChI is InChI=1S/C21H18N8OS3/c1-2-10-32-20-23-18-17(22-12-16(30)28(18)13-15-9-6-11-31-15)19(24-20)33-21-25-26-27-29(21)14-7-4-3-5-8-14/h3-9,11-12H,2,10,13H2,1H3. The van der Waals surface area contributed by atoms with Gasteiger partial charge in [0.25, 0.3) is 5.56 Å². The maximum absolute atomic E-state index is 12.7. The molecule has 0 aliphatic carbocycles. The van der Waals surface area contributed by atoms with Gasteiger partial charge in [0, 0.05) is 10.6 Å². The number of thiophene rings is 1. The van der Waals surface area contributed by atoms with Crippen molar-refractivity contribution < 1.29 is 0 Å². The van der Waals surface area contributed by atoms with Gasteiger partial charge in [-0.1, -0.05) is 43.0 Å². The molecule has 166 valence electrons. The largest absolute Gasteiger partial charge is 0.285 e. The van der Waals surface area contributed by atoms with Gasteiger partial charge in [0.1, 0.15) is 10.5 Å². The Bertz CT molecular complexity index is 1430. The predicted octanol–water partition coefficient (Wildman–Crippen LogP) is 3.93. The SMILES string of the molecule is CCCSc1nc(Sc2nnnn2-c2ccccc2)c2ncc(=O)n(Cc3cccs3)c2n1. The normalized spacial score (nSPS) is 11.3. The summed E-state index contributed by atoms with van der Waals surface area (Å²) in [7, 11) is 0. The molecular formula is C21H18N8OS3. The lowest BCUT2D eigenvalue weighted by Gasteiger charge is -2.11. The third-order valence-electron chi connectivity index (χ3n) is 4.60. The quantitative estimate of drug-likeness (QED) is 0.180. The Hall–Kier alpha value is -3.09. The molecule has 0 bridgehead atoms. The van der Waals surface area contributed by atoms with E-state index in [0.717, 1.165) is 22.7 Å². The van der Waals surface area contributed by atoms with E-state index in [1.165, 1.54) is 18.0 Å². The molecule has 0 atom stereocenters. The highest BCUT2D eigenvalue weighted by Crippen LogP contribution is 2.31. The van der Waals surface area contributed by atoms with Crippen LogP contribution in [-0.4, -0.2) is 45.5 Å². The molecule has 0 saturated heterocycles. The average molecular weight is 495 g/mol. The van der Waals surface area contributed by atoms with Crippen molar-refractivity contribution in [3.63, 3.8) is 0 Å².